The lowest BCUT2D eigenvalue weighted by atomic mass is 9.97. The number of likely N-dealkylation sites (tertiary alicyclic amines) is 1. The van der Waals surface area contributed by atoms with E-state index in [1.54, 1.807) is 28.0 Å². The smallest absolute Gasteiger partial charge is 0.493 e. The zero-order valence-electron chi connectivity index (χ0n) is 38.7. The molecule has 0 spiro atoms. The highest BCUT2D eigenvalue weighted by molar-refractivity contribution is 6.07. The molecule has 0 aliphatic carbocycles. The van der Waals surface area contributed by atoms with Crippen LogP contribution in [0.15, 0.2) is 77.9 Å². The number of aryl methyl sites for hydroxylation is 1. The number of nitrogens with one attached hydrogen (secondary N) is 3. The van der Waals surface area contributed by atoms with Gasteiger partial charge in [0.25, 0.3) is 17.7 Å². The number of nitrogens with zero attached hydrogens (tertiary/aromatic N) is 5. The van der Waals surface area contributed by atoms with Gasteiger partial charge in [0.2, 0.25) is 17.2 Å². The Kier molecular flexibility index (Phi) is 13.4. The SMILES string of the molecule is COc1cc2c(Oc3ccc(NC(=O)c4c(C)n(C)c5ccc(OC(F)(F)F)cc5c4=O)cc3F)ncnc2cc1OCC(=O)N1CCC[C@H](C(=O)Nc2ccc3c(c2)CN([C@H]2CC[C@H](O)N[C@H]2O)C3=O)C1. The second-order valence-corrected chi connectivity index (χ2v) is 17.5. The lowest BCUT2D eigenvalue weighted by molar-refractivity contribution is -0.274. The second-order valence-electron chi connectivity index (χ2n) is 17.5. The predicted octanol–water partition coefficient (Wildman–Crippen LogP) is 5.48. The topological polar surface area (TPSA) is 236 Å². The van der Waals surface area contributed by atoms with Gasteiger partial charge in [-0.25, -0.2) is 14.4 Å². The fourth-order valence-corrected chi connectivity index (χ4v) is 9.24. The standard InChI is InChI=1S/C49H46F4N8O11/c1-24-42(43(64)32-17-29(72-49(51,52)53)8-10-35(32)59(24)2)46(67)57-28-7-12-37(33(50)16-28)71-47-31-18-38(69-3)39(19-34(31)54-23-55-47)70-22-41(63)60-14-4-5-25(20-60)44(65)56-27-6-9-30-26(15-27)21-61(48(30)68)36-11-13-40(62)58-45(36)66/h6-10,12,15-19,23,25,36,40,45,58,62,66H,4-5,11,13-14,20-22H2,1-3H3,(H,56,65)(H,57,67)/t25-,36-,40-,45-/m0/s1. The van der Waals surface area contributed by atoms with E-state index in [1.807, 2.05) is 0 Å². The van der Waals surface area contributed by atoms with Crippen LogP contribution in [0, 0.1) is 18.7 Å². The van der Waals surface area contributed by atoms with Crippen molar-refractivity contribution < 1.29 is 65.9 Å². The predicted molar refractivity (Wildman–Crippen MR) is 249 cm³/mol. The van der Waals surface area contributed by atoms with Crippen LogP contribution in [-0.4, -0.2) is 110 Å². The van der Waals surface area contributed by atoms with Crippen LogP contribution >= 0.6 is 0 Å². The summed E-state index contributed by atoms with van der Waals surface area (Å²) in [5.74, 6) is -4.08. The molecule has 5 heterocycles. The molecular formula is C49H46F4N8O11. The van der Waals surface area contributed by atoms with Crippen LogP contribution in [0.2, 0.25) is 0 Å². The molecule has 2 fully saturated rings. The van der Waals surface area contributed by atoms with Crippen LogP contribution in [-0.2, 0) is 23.2 Å². The van der Waals surface area contributed by atoms with Gasteiger partial charge in [-0.15, -0.1) is 13.2 Å². The number of hydrogen-bond acceptors (Lipinski definition) is 14. The first kappa shape index (κ1) is 49.1. The average Bonchev–Trinajstić information content (AvgIpc) is 3.66. The molecule has 4 aromatic carbocycles. The van der Waals surface area contributed by atoms with Gasteiger partial charge in [0.1, 0.15) is 30.1 Å². The largest absolute Gasteiger partial charge is 0.573 e. The Hall–Kier alpha value is -7.89. The normalized spacial score (nSPS) is 19.0. The van der Waals surface area contributed by atoms with Crippen molar-refractivity contribution in [2.24, 2.45) is 13.0 Å². The lowest BCUT2D eigenvalue weighted by Gasteiger charge is -2.37. The van der Waals surface area contributed by atoms with Crippen molar-refractivity contribution in [1.29, 1.82) is 0 Å². The number of piperidine rings is 2. The molecule has 2 aromatic heterocycles. The molecule has 23 heteroatoms. The Bertz CT molecular complexity index is 3230. The maximum absolute atomic E-state index is 15.6. The third-order valence-corrected chi connectivity index (χ3v) is 13.0. The van der Waals surface area contributed by atoms with E-state index in [-0.39, 0.29) is 92.7 Å². The number of anilines is 2. The third-order valence-electron chi connectivity index (χ3n) is 13.0. The number of ether oxygens (including phenoxy) is 4. The number of aliphatic hydroxyl groups excluding tert-OH is 2. The fraction of sp³-hybridized carbons (Fsp3) is 0.327. The Morgan fingerprint density at radius 2 is 1.68 bits per heavy atom. The Labute approximate surface area is 406 Å². The van der Waals surface area contributed by atoms with E-state index in [9.17, 15) is 47.4 Å². The number of methoxy groups -OCH3 is 1. The number of hydrogen-bond donors (Lipinski definition) is 5. The monoisotopic (exact) mass is 998 g/mol. The number of rotatable bonds is 12. The number of alkyl halides is 3. The van der Waals surface area contributed by atoms with Crippen LogP contribution in [0.1, 0.15) is 57.7 Å². The molecular weight excluding hydrogens is 953 g/mol. The molecule has 9 rings (SSSR count). The van der Waals surface area contributed by atoms with E-state index in [0.717, 1.165) is 18.2 Å². The van der Waals surface area contributed by atoms with E-state index in [0.29, 0.717) is 49.0 Å². The van der Waals surface area contributed by atoms with E-state index < -0.39 is 60.3 Å². The summed E-state index contributed by atoms with van der Waals surface area (Å²) in [7, 11) is 2.90. The number of halogens is 4. The number of pyridine rings is 1. The Balaban J connectivity index is 0.822. The fourth-order valence-electron chi connectivity index (χ4n) is 9.24. The van der Waals surface area contributed by atoms with Crippen molar-refractivity contribution in [3.8, 4) is 28.9 Å². The second kappa shape index (κ2) is 19.7. The van der Waals surface area contributed by atoms with Crippen molar-refractivity contribution >= 4 is 56.8 Å². The Morgan fingerprint density at radius 1 is 0.903 bits per heavy atom. The van der Waals surface area contributed by atoms with Crippen LogP contribution in [0.4, 0.5) is 28.9 Å². The summed E-state index contributed by atoms with van der Waals surface area (Å²) in [6, 6.07) is 14.1. The van der Waals surface area contributed by atoms with Gasteiger partial charge in [-0.1, -0.05) is 0 Å². The maximum Gasteiger partial charge on any atom is 0.573 e. The summed E-state index contributed by atoms with van der Waals surface area (Å²) in [6.07, 6.45) is -3.88. The van der Waals surface area contributed by atoms with Crippen molar-refractivity contribution in [1.82, 2.24) is 29.7 Å². The minimum absolute atomic E-state index is 0.0732. The molecule has 5 N–H and O–H groups in total. The first-order valence-corrected chi connectivity index (χ1v) is 22.6. The minimum Gasteiger partial charge on any atom is -0.493 e. The van der Waals surface area contributed by atoms with E-state index in [4.69, 9.17) is 14.2 Å². The first-order chi connectivity index (χ1) is 34.3. The molecule has 2 saturated heterocycles. The van der Waals surface area contributed by atoms with E-state index >= 15 is 4.39 Å². The number of carbonyl (C=O) groups is 4. The van der Waals surface area contributed by atoms with Crippen molar-refractivity contribution in [3.63, 3.8) is 0 Å². The molecule has 0 unspecified atom stereocenters. The number of fused-ring (bicyclic) bond motifs is 3. The minimum atomic E-state index is -5.01. The zero-order valence-corrected chi connectivity index (χ0v) is 38.7. The highest BCUT2D eigenvalue weighted by atomic mass is 19.4. The number of benzene rings is 4. The molecule has 19 nitrogen and oxygen atoms in total. The van der Waals surface area contributed by atoms with E-state index in [2.05, 4.69) is 30.7 Å². The van der Waals surface area contributed by atoms with Crippen molar-refractivity contribution in [2.75, 3.05) is 37.4 Å². The molecule has 0 bridgehead atoms. The van der Waals surface area contributed by atoms with Gasteiger partial charge in [-0.05, 0) is 92.8 Å². The van der Waals surface area contributed by atoms with Gasteiger partial charge in [0.15, 0.2) is 29.7 Å². The van der Waals surface area contributed by atoms with Gasteiger partial charge in [-0.2, -0.15) is 0 Å². The molecule has 6 aromatic rings. The third kappa shape index (κ3) is 10.0. The van der Waals surface area contributed by atoms with Gasteiger partial charge < -0.3 is 54.2 Å². The first-order valence-electron chi connectivity index (χ1n) is 22.6. The molecule has 3 aliphatic heterocycles. The van der Waals surface area contributed by atoms with Crippen molar-refractivity contribution in [3.05, 3.63) is 111 Å². The average molecular weight is 999 g/mol. The highest BCUT2D eigenvalue weighted by Gasteiger charge is 2.39. The van der Waals surface area contributed by atoms with Crippen molar-refractivity contribution in [2.45, 2.75) is 64.0 Å². The summed E-state index contributed by atoms with van der Waals surface area (Å²) < 4.78 is 77.1. The zero-order chi connectivity index (χ0) is 51.2. The van der Waals surface area contributed by atoms with E-state index in [1.165, 1.54) is 62.3 Å². The molecule has 376 valence electrons. The highest BCUT2D eigenvalue weighted by Crippen LogP contribution is 2.38. The van der Waals surface area contributed by atoms with Crippen LogP contribution < -0.4 is 40.3 Å². The van der Waals surface area contributed by atoms with Gasteiger partial charge >= 0.3 is 6.36 Å². The molecule has 3 aliphatic rings. The maximum atomic E-state index is 15.6. The lowest BCUT2D eigenvalue weighted by Crippen LogP contribution is -2.56. The summed E-state index contributed by atoms with van der Waals surface area (Å²) in [4.78, 5) is 78.6. The van der Waals surface area contributed by atoms with Gasteiger partial charge in [-0.3, -0.25) is 29.3 Å². The summed E-state index contributed by atoms with van der Waals surface area (Å²) >= 11 is 0. The molecule has 0 radical (unpaired) electrons. The number of carbonyl (C=O) groups excluding carboxylic acids is 4. The molecule has 4 amide bonds. The van der Waals surface area contributed by atoms with Gasteiger partial charge in [0.05, 0.1) is 40.9 Å². The number of amides is 4. The molecule has 0 saturated carbocycles. The van der Waals surface area contributed by atoms with Crippen LogP contribution in [0.25, 0.3) is 21.8 Å². The number of aromatic nitrogens is 3. The molecule has 4 atom stereocenters. The summed E-state index contributed by atoms with van der Waals surface area (Å²) in [5, 5.41) is 28.4. The van der Waals surface area contributed by atoms with Crippen LogP contribution in [0.5, 0.6) is 28.9 Å². The quantitative estimate of drug-likeness (QED) is 0.0956. The summed E-state index contributed by atoms with van der Waals surface area (Å²) in [6.45, 7) is 1.83. The van der Waals surface area contributed by atoms with Gasteiger partial charge in [0, 0.05) is 61.4 Å². The summed E-state index contributed by atoms with van der Waals surface area (Å²) in [5.41, 5.74) is 1.05. The molecule has 72 heavy (non-hydrogen) atoms. The number of aliphatic hydroxyl groups is 2. The Morgan fingerprint density at radius 3 is 2.43 bits per heavy atom. The van der Waals surface area contributed by atoms with Crippen LogP contribution in [0.3, 0.4) is 0 Å².